The van der Waals surface area contributed by atoms with E-state index in [2.05, 4.69) is 5.32 Å². The highest BCUT2D eigenvalue weighted by atomic mass is 19.1. The zero-order valence-corrected chi connectivity index (χ0v) is 18.4. The van der Waals surface area contributed by atoms with Gasteiger partial charge >= 0.3 is 6.03 Å². The molecule has 176 valence electrons. The maximum absolute atomic E-state index is 14.1. The Hall–Kier alpha value is -3.86. The number of halogens is 1. The minimum atomic E-state index is -1.80. The van der Waals surface area contributed by atoms with Crippen LogP contribution in [-0.2, 0) is 20.7 Å². The molecule has 3 aliphatic rings. The minimum absolute atomic E-state index is 0.102. The normalized spacial score (nSPS) is 28.4. The molecule has 3 aliphatic heterocycles. The van der Waals surface area contributed by atoms with Crippen LogP contribution in [0.25, 0.3) is 0 Å². The monoisotopic (exact) mass is 468 g/mol. The van der Waals surface area contributed by atoms with Crippen LogP contribution in [0.1, 0.15) is 19.4 Å². The first-order valence-corrected chi connectivity index (χ1v) is 10.8. The van der Waals surface area contributed by atoms with E-state index in [1.54, 1.807) is 13.0 Å². The van der Waals surface area contributed by atoms with Gasteiger partial charge in [-0.05, 0) is 49.7 Å². The predicted octanol–water partition coefficient (Wildman–Crippen LogP) is 2.54. The first kappa shape index (κ1) is 22.0. The number of carbonyl (C=O) groups is 3. The first-order chi connectivity index (χ1) is 16.1. The van der Waals surface area contributed by atoms with E-state index < -0.39 is 46.1 Å². The SMILES string of the molecule is C[C@@H]1CN2c3ccc([N+](=O)[O-])cc3C[C@]3(C(=O)NC(=O)N(c4ccc(F)cc4)C3=O)[C@H]2[C@H](C)O1. The fourth-order valence-electron chi connectivity index (χ4n) is 5.45. The Labute approximate surface area is 193 Å². The summed E-state index contributed by atoms with van der Waals surface area (Å²) < 4.78 is 19.5. The highest BCUT2D eigenvalue weighted by molar-refractivity contribution is 6.30. The van der Waals surface area contributed by atoms with Gasteiger partial charge in [-0.2, -0.15) is 0 Å². The minimum Gasteiger partial charge on any atom is -0.372 e. The number of carbonyl (C=O) groups excluding carboxylic acids is 3. The summed E-state index contributed by atoms with van der Waals surface area (Å²) in [4.78, 5) is 53.9. The van der Waals surface area contributed by atoms with Gasteiger partial charge in [-0.3, -0.25) is 25.0 Å². The number of hydrogen-bond acceptors (Lipinski definition) is 7. The summed E-state index contributed by atoms with van der Waals surface area (Å²) in [6.07, 6.45) is -0.978. The van der Waals surface area contributed by atoms with E-state index in [1.165, 1.54) is 24.3 Å². The molecule has 0 aliphatic carbocycles. The van der Waals surface area contributed by atoms with E-state index in [0.717, 1.165) is 17.0 Å². The molecule has 0 saturated carbocycles. The molecule has 1 spiro atoms. The molecular formula is C23H21FN4O6. The Bertz CT molecular complexity index is 1230. The Morgan fingerprint density at radius 2 is 1.85 bits per heavy atom. The topological polar surface area (TPSA) is 122 Å². The maximum atomic E-state index is 14.1. The molecule has 4 atom stereocenters. The van der Waals surface area contributed by atoms with Crippen molar-refractivity contribution in [2.24, 2.45) is 5.41 Å². The summed E-state index contributed by atoms with van der Waals surface area (Å²) in [6.45, 7) is 3.95. The van der Waals surface area contributed by atoms with Crippen molar-refractivity contribution >= 4 is 34.9 Å². The lowest BCUT2D eigenvalue weighted by molar-refractivity contribution is -0.384. The Kier molecular flexibility index (Phi) is 4.90. The third-order valence-corrected chi connectivity index (χ3v) is 6.74. The number of barbiturate groups is 1. The first-order valence-electron chi connectivity index (χ1n) is 10.8. The van der Waals surface area contributed by atoms with Crippen LogP contribution in [0.4, 0.5) is 26.2 Å². The molecule has 0 unspecified atom stereocenters. The second-order valence-corrected chi connectivity index (χ2v) is 8.84. The molecule has 2 aromatic rings. The standard InChI is InChI=1S/C23H21FN4O6/c1-12-11-26-18-8-7-17(28(32)33)9-14(18)10-23(19(26)13(2)34-12)20(29)25-22(31)27(21(23)30)16-5-3-15(24)4-6-16/h3-9,12-13,19H,10-11H2,1-2H3,(H,25,29,31)/t12-,13+,19-,23-/m1/s1. The number of nitrogens with zero attached hydrogens (tertiary/aromatic N) is 3. The van der Waals surface area contributed by atoms with Crippen LogP contribution in [0.5, 0.6) is 0 Å². The van der Waals surface area contributed by atoms with Crippen LogP contribution in [-0.4, -0.2) is 47.6 Å². The number of nitro groups is 1. The number of non-ortho nitro benzene ring substituents is 1. The molecule has 0 aromatic heterocycles. The molecule has 0 radical (unpaired) electrons. The van der Waals surface area contributed by atoms with Crippen molar-refractivity contribution in [2.45, 2.75) is 38.5 Å². The lowest BCUT2D eigenvalue weighted by Crippen LogP contribution is -2.76. The third-order valence-electron chi connectivity index (χ3n) is 6.74. The number of morpholine rings is 1. The average Bonchev–Trinajstić information content (AvgIpc) is 2.78. The van der Waals surface area contributed by atoms with Crippen LogP contribution in [0.3, 0.4) is 0 Å². The van der Waals surface area contributed by atoms with Crippen LogP contribution in [0.15, 0.2) is 42.5 Å². The van der Waals surface area contributed by atoms with E-state index in [9.17, 15) is 28.9 Å². The van der Waals surface area contributed by atoms with Gasteiger partial charge in [-0.25, -0.2) is 14.1 Å². The van der Waals surface area contributed by atoms with Crippen molar-refractivity contribution in [1.29, 1.82) is 0 Å². The molecule has 11 heteroatoms. The number of ether oxygens (including phenoxy) is 1. The van der Waals surface area contributed by atoms with Gasteiger partial charge in [-0.1, -0.05) is 0 Å². The molecule has 2 fully saturated rings. The van der Waals surface area contributed by atoms with Crippen LogP contribution in [0, 0.1) is 21.3 Å². The number of amides is 4. The summed E-state index contributed by atoms with van der Waals surface area (Å²) in [5, 5.41) is 13.7. The zero-order valence-electron chi connectivity index (χ0n) is 18.4. The number of nitrogens with one attached hydrogen (secondary N) is 1. The number of urea groups is 1. The second kappa shape index (κ2) is 7.59. The largest absolute Gasteiger partial charge is 0.372 e. The highest BCUT2D eigenvalue weighted by Crippen LogP contribution is 2.48. The van der Waals surface area contributed by atoms with Gasteiger partial charge in [0.15, 0.2) is 5.41 Å². The van der Waals surface area contributed by atoms with Crippen molar-refractivity contribution in [1.82, 2.24) is 5.32 Å². The number of imide groups is 2. The number of benzene rings is 2. The van der Waals surface area contributed by atoms with E-state index in [4.69, 9.17) is 4.74 Å². The molecule has 1 N–H and O–H groups in total. The number of nitro benzene ring substituents is 1. The van der Waals surface area contributed by atoms with Crippen molar-refractivity contribution in [3.8, 4) is 0 Å². The van der Waals surface area contributed by atoms with Crippen molar-refractivity contribution < 1.29 is 28.4 Å². The smallest absolute Gasteiger partial charge is 0.335 e. The molecule has 5 rings (SSSR count). The van der Waals surface area contributed by atoms with Gasteiger partial charge < -0.3 is 9.64 Å². The molecule has 2 saturated heterocycles. The Morgan fingerprint density at radius 1 is 1.15 bits per heavy atom. The van der Waals surface area contributed by atoms with Gasteiger partial charge in [0, 0.05) is 30.8 Å². The number of fused-ring (bicyclic) bond motifs is 4. The fourth-order valence-corrected chi connectivity index (χ4v) is 5.45. The molecule has 34 heavy (non-hydrogen) atoms. The third kappa shape index (κ3) is 3.07. The van der Waals surface area contributed by atoms with Gasteiger partial charge in [0.2, 0.25) is 5.91 Å². The van der Waals surface area contributed by atoms with E-state index in [0.29, 0.717) is 17.8 Å². The van der Waals surface area contributed by atoms with Crippen LogP contribution in [0.2, 0.25) is 0 Å². The summed E-state index contributed by atoms with van der Waals surface area (Å²) in [7, 11) is 0. The maximum Gasteiger partial charge on any atom is 0.335 e. The summed E-state index contributed by atoms with van der Waals surface area (Å²) in [6, 6.07) is 7.41. The van der Waals surface area contributed by atoms with E-state index in [1.807, 2.05) is 11.8 Å². The quantitative estimate of drug-likeness (QED) is 0.408. The van der Waals surface area contributed by atoms with Crippen LogP contribution < -0.4 is 15.1 Å². The second-order valence-electron chi connectivity index (χ2n) is 8.84. The predicted molar refractivity (Wildman–Crippen MR) is 118 cm³/mol. The van der Waals surface area contributed by atoms with Crippen molar-refractivity contribution in [3.05, 3.63) is 64.0 Å². The van der Waals surface area contributed by atoms with Gasteiger partial charge in [0.25, 0.3) is 11.6 Å². The number of hydrogen-bond donors (Lipinski definition) is 1. The molecule has 2 aromatic carbocycles. The van der Waals surface area contributed by atoms with Gasteiger partial charge in [0.05, 0.1) is 28.9 Å². The van der Waals surface area contributed by atoms with Gasteiger partial charge in [0.1, 0.15) is 5.82 Å². The Balaban J connectivity index is 1.70. The molecule has 3 heterocycles. The van der Waals surface area contributed by atoms with Crippen molar-refractivity contribution in [3.63, 3.8) is 0 Å². The molecule has 4 amide bonds. The van der Waals surface area contributed by atoms with Crippen molar-refractivity contribution in [2.75, 3.05) is 16.3 Å². The van der Waals surface area contributed by atoms with Gasteiger partial charge in [-0.15, -0.1) is 0 Å². The lowest BCUT2D eigenvalue weighted by atomic mass is 9.66. The zero-order chi connectivity index (χ0) is 24.4. The molecular weight excluding hydrogens is 447 g/mol. The highest BCUT2D eigenvalue weighted by Gasteiger charge is 2.65. The lowest BCUT2D eigenvalue weighted by Gasteiger charge is -2.56. The average molecular weight is 468 g/mol. The Morgan fingerprint density at radius 3 is 2.53 bits per heavy atom. The summed E-state index contributed by atoms with van der Waals surface area (Å²) in [5.74, 6) is -2.13. The number of anilines is 2. The summed E-state index contributed by atoms with van der Waals surface area (Å²) in [5.41, 5.74) is -0.746. The summed E-state index contributed by atoms with van der Waals surface area (Å²) >= 11 is 0. The molecule has 0 bridgehead atoms. The van der Waals surface area contributed by atoms with E-state index >= 15 is 0 Å². The number of rotatable bonds is 2. The fraction of sp³-hybridized carbons (Fsp3) is 0.348. The molecule has 10 nitrogen and oxygen atoms in total. The van der Waals surface area contributed by atoms with E-state index in [-0.39, 0.29) is 23.9 Å². The van der Waals surface area contributed by atoms with Crippen LogP contribution >= 0.6 is 0 Å².